The molecule has 0 radical (unpaired) electrons. The maximum absolute atomic E-state index is 14.9. The predicted molar refractivity (Wildman–Crippen MR) is 145 cm³/mol. The van der Waals surface area contributed by atoms with Gasteiger partial charge < -0.3 is 21.7 Å². The largest absolute Gasteiger partial charge is 0.397 e. The molecule has 8 nitrogen and oxygen atoms in total. The predicted octanol–water partition coefficient (Wildman–Crippen LogP) is 4.15. The number of amides is 1. The number of carbonyl (C=O) groups excluding carboxylic acids is 1. The summed E-state index contributed by atoms with van der Waals surface area (Å²) in [6, 6.07) is 11.6. The van der Waals surface area contributed by atoms with Crippen molar-refractivity contribution < 1.29 is 9.18 Å². The molecule has 1 amide bonds. The summed E-state index contributed by atoms with van der Waals surface area (Å²) in [6.07, 6.45) is 5.51. The third-order valence-electron chi connectivity index (χ3n) is 6.50. The van der Waals surface area contributed by atoms with Crippen LogP contribution in [-0.4, -0.2) is 46.0 Å². The van der Waals surface area contributed by atoms with Crippen molar-refractivity contribution in [2.45, 2.75) is 38.8 Å². The van der Waals surface area contributed by atoms with Gasteiger partial charge in [0.15, 0.2) is 0 Å². The smallest absolute Gasteiger partial charge is 0.251 e. The molecule has 5 N–H and O–H groups in total. The molecule has 0 bridgehead atoms. The van der Waals surface area contributed by atoms with E-state index in [1.807, 2.05) is 26.0 Å². The number of anilines is 2. The molecule has 0 unspecified atom stereocenters. The first kappa shape index (κ1) is 24.6. The van der Waals surface area contributed by atoms with Gasteiger partial charge in [-0.05, 0) is 69.2 Å². The third-order valence-corrected chi connectivity index (χ3v) is 6.50. The highest BCUT2D eigenvalue weighted by Gasteiger charge is 2.20. The Balaban J connectivity index is 1.56. The van der Waals surface area contributed by atoms with E-state index < -0.39 is 5.82 Å². The number of aromatic nitrogens is 3. The molecule has 190 valence electrons. The van der Waals surface area contributed by atoms with Crippen molar-refractivity contribution in [1.29, 1.82) is 0 Å². The van der Waals surface area contributed by atoms with Crippen LogP contribution in [0.4, 0.5) is 15.8 Å². The topological polar surface area (TPSA) is 123 Å². The van der Waals surface area contributed by atoms with E-state index in [1.54, 1.807) is 24.5 Å². The molecule has 1 fully saturated rings. The zero-order valence-corrected chi connectivity index (χ0v) is 20.9. The van der Waals surface area contributed by atoms with Crippen LogP contribution in [0.2, 0.25) is 0 Å². The first-order valence-electron chi connectivity index (χ1n) is 12.4. The molecule has 4 aromatic rings. The van der Waals surface area contributed by atoms with Gasteiger partial charge in [0.2, 0.25) is 0 Å². The molecule has 3 aromatic heterocycles. The van der Waals surface area contributed by atoms with Gasteiger partial charge >= 0.3 is 0 Å². The summed E-state index contributed by atoms with van der Waals surface area (Å²) in [6.45, 7) is 5.42. The molecule has 0 spiro atoms. The second kappa shape index (κ2) is 10.1. The molecule has 1 aliphatic rings. The molecule has 0 saturated carbocycles. The van der Waals surface area contributed by atoms with E-state index in [0.717, 1.165) is 42.5 Å². The lowest BCUT2D eigenvalue weighted by Gasteiger charge is -2.33. The number of nitrogens with two attached hydrogens (primary N) is 2. The highest BCUT2D eigenvalue weighted by molar-refractivity contribution is 5.96. The van der Waals surface area contributed by atoms with Crippen LogP contribution in [0.3, 0.4) is 0 Å². The molecule has 1 saturated heterocycles. The zero-order chi connectivity index (χ0) is 26.1. The van der Waals surface area contributed by atoms with Crippen molar-refractivity contribution >= 4 is 28.2 Å². The number of hydrogen-bond donors (Lipinski definition) is 3. The third kappa shape index (κ3) is 5.08. The van der Waals surface area contributed by atoms with Crippen LogP contribution in [0.5, 0.6) is 0 Å². The van der Waals surface area contributed by atoms with Gasteiger partial charge in [-0.25, -0.2) is 9.37 Å². The Morgan fingerprint density at radius 2 is 1.97 bits per heavy atom. The van der Waals surface area contributed by atoms with Crippen molar-refractivity contribution in [1.82, 2.24) is 20.3 Å². The monoisotopic (exact) mass is 499 g/mol. The highest BCUT2D eigenvalue weighted by atomic mass is 19.1. The SMILES string of the molecule is CC(C)NC(=O)c1ccc(F)c(-c2ccc(N)c(-c3cc4c(N5CCC[C@H](N)C5)ccnc4cn3)n2)c1. The van der Waals surface area contributed by atoms with Gasteiger partial charge in [0, 0.05) is 53.6 Å². The summed E-state index contributed by atoms with van der Waals surface area (Å²) in [7, 11) is 0. The minimum atomic E-state index is -0.483. The van der Waals surface area contributed by atoms with Crippen LogP contribution >= 0.6 is 0 Å². The first-order valence-corrected chi connectivity index (χ1v) is 12.4. The summed E-state index contributed by atoms with van der Waals surface area (Å²) in [5, 5.41) is 3.75. The number of fused-ring (bicyclic) bond motifs is 1. The van der Waals surface area contributed by atoms with E-state index in [9.17, 15) is 9.18 Å². The first-order chi connectivity index (χ1) is 17.8. The lowest BCUT2D eigenvalue weighted by atomic mass is 10.0. The van der Waals surface area contributed by atoms with Crippen LogP contribution in [0.15, 0.2) is 54.9 Å². The normalized spacial score (nSPS) is 15.8. The molecular weight excluding hydrogens is 469 g/mol. The summed E-state index contributed by atoms with van der Waals surface area (Å²) >= 11 is 0. The Bertz CT molecular complexity index is 1470. The van der Waals surface area contributed by atoms with Gasteiger partial charge in [-0.3, -0.25) is 14.8 Å². The zero-order valence-electron chi connectivity index (χ0n) is 20.9. The lowest BCUT2D eigenvalue weighted by molar-refractivity contribution is 0.0943. The van der Waals surface area contributed by atoms with E-state index in [1.165, 1.54) is 18.2 Å². The molecule has 9 heteroatoms. The second-order valence-electron chi connectivity index (χ2n) is 9.72. The van der Waals surface area contributed by atoms with E-state index in [4.69, 9.17) is 11.5 Å². The van der Waals surface area contributed by atoms with E-state index in [-0.39, 0.29) is 23.6 Å². The van der Waals surface area contributed by atoms with Gasteiger partial charge in [-0.2, -0.15) is 0 Å². The summed E-state index contributed by atoms with van der Waals surface area (Å²) in [5.74, 6) is -0.760. The molecule has 5 rings (SSSR count). The fourth-order valence-corrected chi connectivity index (χ4v) is 4.70. The molecular formula is C28H30FN7O. The number of nitrogens with one attached hydrogen (secondary N) is 1. The summed E-state index contributed by atoms with van der Waals surface area (Å²) in [5.41, 5.74) is 16.6. The van der Waals surface area contributed by atoms with Crippen molar-refractivity contribution in [3.63, 3.8) is 0 Å². The Morgan fingerprint density at radius 3 is 2.76 bits per heavy atom. The quantitative estimate of drug-likeness (QED) is 0.377. The van der Waals surface area contributed by atoms with Crippen LogP contribution < -0.4 is 21.7 Å². The Labute approximate surface area is 214 Å². The molecule has 4 heterocycles. The molecule has 37 heavy (non-hydrogen) atoms. The Morgan fingerprint density at radius 1 is 1.14 bits per heavy atom. The molecule has 1 aliphatic heterocycles. The number of piperidine rings is 1. The molecule has 1 atom stereocenters. The van der Waals surface area contributed by atoms with Crippen LogP contribution in [0.25, 0.3) is 33.5 Å². The van der Waals surface area contributed by atoms with Crippen LogP contribution in [0.1, 0.15) is 37.0 Å². The fraction of sp³-hybridized carbons (Fsp3) is 0.286. The van der Waals surface area contributed by atoms with Gasteiger partial charge in [0.25, 0.3) is 5.91 Å². The number of pyridine rings is 3. The van der Waals surface area contributed by atoms with Crippen molar-refractivity contribution in [3.8, 4) is 22.6 Å². The standard InChI is InChI=1S/C28H30FN7O/c1-16(2)34-28(37)17-5-6-21(29)19(12-17)23-8-7-22(31)27(35-23)24-13-20-25(14-33-24)32-10-9-26(20)36-11-3-4-18(30)15-36/h5-10,12-14,16,18H,3-4,11,15,30-31H2,1-2H3,(H,34,37)/t18-/m0/s1. The Hall–Kier alpha value is -4.11. The van der Waals surface area contributed by atoms with Crippen molar-refractivity contribution in [2.75, 3.05) is 23.7 Å². The number of nitrogen functional groups attached to an aromatic ring is 1. The van der Waals surface area contributed by atoms with Crippen molar-refractivity contribution in [2.24, 2.45) is 5.73 Å². The van der Waals surface area contributed by atoms with Gasteiger partial charge in [-0.1, -0.05) is 0 Å². The van der Waals surface area contributed by atoms with Gasteiger partial charge in [-0.15, -0.1) is 0 Å². The maximum atomic E-state index is 14.9. The van der Waals surface area contributed by atoms with E-state index >= 15 is 0 Å². The minimum Gasteiger partial charge on any atom is -0.397 e. The number of halogens is 1. The number of nitrogens with zero attached hydrogens (tertiary/aromatic N) is 4. The lowest BCUT2D eigenvalue weighted by Crippen LogP contribution is -2.42. The molecule has 1 aromatic carbocycles. The number of hydrogen-bond acceptors (Lipinski definition) is 7. The van der Waals surface area contributed by atoms with E-state index in [2.05, 4.69) is 25.2 Å². The average molecular weight is 500 g/mol. The highest BCUT2D eigenvalue weighted by Crippen LogP contribution is 2.33. The number of carbonyl (C=O) groups is 1. The van der Waals surface area contributed by atoms with Gasteiger partial charge in [0.1, 0.15) is 11.5 Å². The maximum Gasteiger partial charge on any atom is 0.251 e. The minimum absolute atomic E-state index is 0.0405. The number of benzene rings is 1. The van der Waals surface area contributed by atoms with Gasteiger partial charge in [0.05, 0.1) is 28.8 Å². The van der Waals surface area contributed by atoms with E-state index in [0.29, 0.717) is 28.3 Å². The number of rotatable bonds is 5. The fourth-order valence-electron chi connectivity index (χ4n) is 4.70. The summed E-state index contributed by atoms with van der Waals surface area (Å²) in [4.78, 5) is 28.5. The average Bonchev–Trinajstić information content (AvgIpc) is 2.88. The Kier molecular flexibility index (Phi) is 6.71. The van der Waals surface area contributed by atoms with Crippen LogP contribution in [0, 0.1) is 5.82 Å². The van der Waals surface area contributed by atoms with Crippen molar-refractivity contribution in [3.05, 3.63) is 66.2 Å². The van der Waals surface area contributed by atoms with Crippen LogP contribution in [-0.2, 0) is 0 Å². The molecule has 0 aliphatic carbocycles. The summed E-state index contributed by atoms with van der Waals surface area (Å²) < 4.78 is 14.9. The second-order valence-corrected chi connectivity index (χ2v) is 9.72.